The number of alkyl halides is 3. The Morgan fingerprint density at radius 3 is 2.41 bits per heavy atom. The maximum atomic E-state index is 13.1. The molecule has 0 heterocycles. The number of ether oxygens (including phenoxy) is 1. The molecule has 0 spiro atoms. The number of methoxy groups -OCH3 is 1. The Balaban J connectivity index is 2.60. The second kappa shape index (κ2) is 7.82. The molecule has 0 saturated carbocycles. The molecule has 0 aliphatic carbocycles. The summed E-state index contributed by atoms with van der Waals surface area (Å²) in [5.41, 5.74) is -0.707. The minimum atomic E-state index is -4.71. The van der Waals surface area contributed by atoms with Crippen molar-refractivity contribution in [1.29, 1.82) is 0 Å². The predicted octanol–water partition coefficient (Wildman–Crippen LogP) is 5.06. The van der Waals surface area contributed by atoms with E-state index in [-0.39, 0.29) is 17.1 Å². The van der Waals surface area contributed by atoms with Gasteiger partial charge in [0, 0.05) is 0 Å². The lowest BCUT2D eigenvalue weighted by Gasteiger charge is -2.24. The third-order valence-corrected chi connectivity index (χ3v) is 5.91. The van der Waals surface area contributed by atoms with Crippen LogP contribution in [0.4, 0.5) is 18.9 Å². The summed E-state index contributed by atoms with van der Waals surface area (Å²) >= 11 is 5.63. The average Bonchev–Trinajstić information content (AvgIpc) is 2.59. The molecule has 2 rings (SSSR count). The molecule has 0 aliphatic heterocycles. The lowest BCUT2D eigenvalue weighted by molar-refractivity contribution is -0.137. The number of hydrogen-bond acceptors (Lipinski definition) is 3. The quantitative estimate of drug-likeness (QED) is 0.615. The molecule has 0 atom stereocenters. The minimum absolute atomic E-state index is 0.0776. The van der Waals surface area contributed by atoms with Crippen LogP contribution in [0, 0.1) is 6.92 Å². The van der Waals surface area contributed by atoms with Crippen LogP contribution in [0.5, 0.6) is 5.75 Å². The van der Waals surface area contributed by atoms with Gasteiger partial charge in [-0.15, -0.1) is 6.58 Å². The zero-order chi connectivity index (χ0) is 20.4. The van der Waals surface area contributed by atoms with E-state index in [0.717, 1.165) is 10.4 Å². The minimum Gasteiger partial charge on any atom is -0.496 e. The van der Waals surface area contributed by atoms with Crippen LogP contribution in [0.2, 0.25) is 5.02 Å². The van der Waals surface area contributed by atoms with Crippen LogP contribution in [0.25, 0.3) is 0 Å². The summed E-state index contributed by atoms with van der Waals surface area (Å²) in [7, 11) is -2.69. The molecule has 0 aliphatic rings. The highest BCUT2D eigenvalue weighted by Crippen LogP contribution is 2.38. The summed E-state index contributed by atoms with van der Waals surface area (Å²) in [6, 6.07) is 7.15. The molecule has 0 unspecified atom stereocenters. The smallest absolute Gasteiger partial charge is 0.417 e. The van der Waals surface area contributed by atoms with Crippen molar-refractivity contribution in [1.82, 2.24) is 0 Å². The number of aryl methyl sites for hydroxylation is 1. The maximum absolute atomic E-state index is 13.1. The molecule has 0 bridgehead atoms. The SMILES string of the molecule is C=CCN(c1ccc(Cl)c(C(F)(F)F)c1)S(=O)(=O)c1ccc(OC)c(C)c1. The van der Waals surface area contributed by atoms with Crippen LogP contribution >= 0.6 is 11.6 Å². The number of benzene rings is 2. The Labute approximate surface area is 160 Å². The Bertz CT molecular complexity index is 959. The molecule has 2 aromatic carbocycles. The van der Waals surface area contributed by atoms with Crippen molar-refractivity contribution in [3.8, 4) is 5.75 Å². The number of halogens is 4. The summed E-state index contributed by atoms with van der Waals surface area (Å²) in [6.45, 7) is 4.94. The summed E-state index contributed by atoms with van der Waals surface area (Å²) < 4.78 is 71.5. The standard InChI is InChI=1S/C18H17ClF3NO3S/c1-4-9-23(13-5-7-16(19)15(11-13)18(20,21)22)27(24,25)14-6-8-17(26-3)12(2)10-14/h4-8,10-11H,1,9H2,2-3H3. The zero-order valence-corrected chi connectivity index (χ0v) is 16.1. The lowest BCUT2D eigenvalue weighted by Crippen LogP contribution is -2.31. The molecule has 0 amide bonds. The number of anilines is 1. The van der Waals surface area contributed by atoms with Gasteiger partial charge in [-0.2, -0.15) is 13.2 Å². The van der Waals surface area contributed by atoms with Crippen LogP contribution < -0.4 is 9.04 Å². The van der Waals surface area contributed by atoms with E-state index in [9.17, 15) is 21.6 Å². The first-order chi connectivity index (χ1) is 12.5. The monoisotopic (exact) mass is 419 g/mol. The van der Waals surface area contributed by atoms with Gasteiger partial charge in [0.05, 0.1) is 34.8 Å². The number of hydrogen-bond donors (Lipinski definition) is 0. The normalized spacial score (nSPS) is 11.9. The van der Waals surface area contributed by atoms with Crippen LogP contribution in [0.1, 0.15) is 11.1 Å². The number of rotatable bonds is 6. The number of nitrogens with zero attached hydrogens (tertiary/aromatic N) is 1. The lowest BCUT2D eigenvalue weighted by atomic mass is 10.2. The van der Waals surface area contributed by atoms with Crippen LogP contribution in [-0.2, 0) is 16.2 Å². The van der Waals surface area contributed by atoms with Crippen molar-refractivity contribution >= 4 is 27.3 Å². The molecule has 2 aromatic rings. The molecular weight excluding hydrogens is 403 g/mol. The van der Waals surface area contributed by atoms with Gasteiger partial charge in [0.15, 0.2) is 0 Å². The van der Waals surface area contributed by atoms with Crippen LogP contribution in [0.3, 0.4) is 0 Å². The van der Waals surface area contributed by atoms with Crippen molar-refractivity contribution in [3.05, 3.63) is 65.2 Å². The summed E-state index contributed by atoms with van der Waals surface area (Å²) in [4.78, 5) is -0.0776. The van der Waals surface area contributed by atoms with Gasteiger partial charge < -0.3 is 4.74 Å². The number of sulfonamides is 1. The Hall–Kier alpha value is -2.19. The Kier molecular flexibility index (Phi) is 6.11. The largest absolute Gasteiger partial charge is 0.496 e. The predicted molar refractivity (Wildman–Crippen MR) is 98.9 cm³/mol. The highest BCUT2D eigenvalue weighted by atomic mass is 35.5. The van der Waals surface area contributed by atoms with Gasteiger partial charge in [0.2, 0.25) is 0 Å². The van der Waals surface area contributed by atoms with Crippen LogP contribution in [-0.4, -0.2) is 22.1 Å². The highest BCUT2D eigenvalue weighted by Gasteiger charge is 2.35. The first-order valence-electron chi connectivity index (χ1n) is 7.67. The van der Waals surface area contributed by atoms with Gasteiger partial charge in [-0.1, -0.05) is 17.7 Å². The second-order valence-electron chi connectivity index (χ2n) is 5.62. The zero-order valence-electron chi connectivity index (χ0n) is 14.5. The van der Waals surface area contributed by atoms with Gasteiger partial charge >= 0.3 is 6.18 Å². The highest BCUT2D eigenvalue weighted by molar-refractivity contribution is 7.92. The van der Waals surface area contributed by atoms with Crippen molar-refractivity contribution in [3.63, 3.8) is 0 Å². The van der Waals surface area contributed by atoms with E-state index in [4.69, 9.17) is 16.3 Å². The summed E-state index contributed by atoms with van der Waals surface area (Å²) in [5.74, 6) is 0.495. The molecule has 0 aromatic heterocycles. The summed E-state index contributed by atoms with van der Waals surface area (Å²) in [5, 5.41) is -0.512. The van der Waals surface area contributed by atoms with Crippen molar-refractivity contribution in [2.24, 2.45) is 0 Å². The van der Waals surface area contributed by atoms with Crippen molar-refractivity contribution in [2.75, 3.05) is 18.0 Å². The molecule has 146 valence electrons. The molecule has 4 nitrogen and oxygen atoms in total. The molecule has 0 N–H and O–H groups in total. The molecule has 0 radical (unpaired) electrons. The third kappa shape index (κ3) is 4.39. The molecule has 9 heteroatoms. The molecular formula is C18H17ClF3NO3S. The fourth-order valence-electron chi connectivity index (χ4n) is 2.48. The van der Waals surface area contributed by atoms with E-state index in [1.54, 1.807) is 6.92 Å². The van der Waals surface area contributed by atoms with E-state index >= 15 is 0 Å². The second-order valence-corrected chi connectivity index (χ2v) is 7.89. The average molecular weight is 420 g/mol. The van der Waals surface area contributed by atoms with E-state index in [2.05, 4.69) is 6.58 Å². The van der Waals surface area contributed by atoms with E-state index in [1.165, 1.54) is 37.5 Å². The van der Waals surface area contributed by atoms with Gasteiger partial charge in [-0.05, 0) is 48.9 Å². The third-order valence-electron chi connectivity index (χ3n) is 3.79. The topological polar surface area (TPSA) is 46.6 Å². The molecule has 0 fully saturated rings. The first kappa shape index (κ1) is 21.1. The fourth-order valence-corrected chi connectivity index (χ4v) is 4.22. The fraction of sp³-hybridized carbons (Fsp3) is 0.222. The van der Waals surface area contributed by atoms with E-state index in [1.807, 2.05) is 0 Å². The van der Waals surface area contributed by atoms with Crippen LogP contribution in [0.15, 0.2) is 53.9 Å². The van der Waals surface area contributed by atoms with Gasteiger partial charge in [-0.25, -0.2) is 8.42 Å². The summed E-state index contributed by atoms with van der Waals surface area (Å²) in [6.07, 6.45) is -3.43. The van der Waals surface area contributed by atoms with Crippen molar-refractivity contribution < 1.29 is 26.3 Å². The Morgan fingerprint density at radius 1 is 1.22 bits per heavy atom. The Morgan fingerprint density at radius 2 is 1.89 bits per heavy atom. The maximum Gasteiger partial charge on any atom is 0.417 e. The van der Waals surface area contributed by atoms with Gasteiger partial charge in [0.25, 0.3) is 10.0 Å². The first-order valence-corrected chi connectivity index (χ1v) is 9.49. The van der Waals surface area contributed by atoms with Crippen molar-refractivity contribution in [2.45, 2.75) is 18.0 Å². The van der Waals surface area contributed by atoms with Gasteiger partial charge in [0.1, 0.15) is 5.75 Å². The van der Waals surface area contributed by atoms with E-state index < -0.39 is 26.8 Å². The van der Waals surface area contributed by atoms with E-state index in [0.29, 0.717) is 17.4 Å². The van der Waals surface area contributed by atoms with Gasteiger partial charge in [-0.3, -0.25) is 4.31 Å². The molecule has 0 saturated heterocycles. The molecule has 27 heavy (non-hydrogen) atoms.